The second-order valence-electron chi connectivity index (χ2n) is 12.5. The number of fused-ring (bicyclic) bond motifs is 4. The summed E-state index contributed by atoms with van der Waals surface area (Å²) in [6.07, 6.45) is 10.9. The molecule has 0 unspecified atom stereocenters. The van der Waals surface area contributed by atoms with E-state index in [2.05, 4.69) is 33.9 Å². The molecule has 0 saturated heterocycles. The van der Waals surface area contributed by atoms with E-state index < -0.39 is 21.2 Å². The SMILES string of the molecule is CC[C@@H]1CC/C=C/[C@H](OC)[C@@H]2CC[C@H]2CN2C[C@@]3(CCCc4cc(Cl)ccc43)COc3ccc(cc32)C(=O)NS1(=O)=O. The molecule has 1 fully saturated rings. The number of sulfonamides is 1. The topological polar surface area (TPSA) is 84.9 Å². The summed E-state index contributed by atoms with van der Waals surface area (Å²) in [5, 5.41) is 0.0948. The lowest BCUT2D eigenvalue weighted by molar-refractivity contribution is 0.0132. The van der Waals surface area contributed by atoms with E-state index in [-0.39, 0.29) is 11.5 Å². The highest BCUT2D eigenvalue weighted by Gasteiger charge is 2.44. The lowest BCUT2D eigenvalue weighted by Crippen LogP contribution is -2.49. The molecule has 42 heavy (non-hydrogen) atoms. The number of carbonyl (C=O) groups is 1. The van der Waals surface area contributed by atoms with Crippen molar-refractivity contribution >= 4 is 33.2 Å². The molecular formula is C33H41ClN2O5S. The minimum atomic E-state index is -3.85. The van der Waals surface area contributed by atoms with E-state index in [4.69, 9.17) is 21.1 Å². The lowest BCUT2D eigenvalue weighted by atomic mass is 9.68. The quantitative estimate of drug-likeness (QED) is 0.416. The maximum absolute atomic E-state index is 13.4. The molecule has 2 aliphatic heterocycles. The third kappa shape index (κ3) is 5.58. The Hall–Kier alpha value is -2.55. The number of hydrogen-bond donors (Lipinski definition) is 1. The maximum atomic E-state index is 13.4. The summed E-state index contributed by atoms with van der Waals surface area (Å²) in [5.41, 5.74) is 3.50. The van der Waals surface area contributed by atoms with Crippen molar-refractivity contribution in [2.75, 3.05) is 31.7 Å². The summed E-state index contributed by atoms with van der Waals surface area (Å²) >= 11 is 6.40. The van der Waals surface area contributed by atoms with Gasteiger partial charge in [-0.25, -0.2) is 13.1 Å². The molecule has 2 heterocycles. The minimum Gasteiger partial charge on any atom is -0.490 e. The van der Waals surface area contributed by atoms with Crippen LogP contribution in [0, 0.1) is 11.8 Å². The lowest BCUT2D eigenvalue weighted by Gasteiger charge is -2.46. The summed E-state index contributed by atoms with van der Waals surface area (Å²) in [4.78, 5) is 15.8. The van der Waals surface area contributed by atoms with Crippen LogP contribution in [0.4, 0.5) is 5.69 Å². The molecule has 7 nitrogen and oxygen atoms in total. The van der Waals surface area contributed by atoms with Crippen LogP contribution in [0.1, 0.15) is 73.4 Å². The highest BCUT2D eigenvalue weighted by Crippen LogP contribution is 2.47. The number of halogens is 1. The van der Waals surface area contributed by atoms with Crippen LogP contribution in [0.2, 0.25) is 5.02 Å². The van der Waals surface area contributed by atoms with Crippen LogP contribution < -0.4 is 14.4 Å². The maximum Gasteiger partial charge on any atom is 0.264 e. The first kappa shape index (κ1) is 29.5. The zero-order valence-electron chi connectivity index (χ0n) is 24.5. The van der Waals surface area contributed by atoms with Crippen LogP contribution in [0.5, 0.6) is 5.75 Å². The standard InChI is InChI=1S/C33H41ClN2O5S/c1-3-26-8-4-5-9-30(40-2)27-13-10-24(27)19-36-20-33(16-6-7-22-17-25(34)12-14-28(22)33)21-41-31-15-11-23(18-29(31)36)32(37)35-42(26,38)39/h5,9,11-12,14-15,17-18,24,26-27,30H,3-4,6-8,10,13,16,19-21H2,1-2H3,(H,35,37)/b9-5+/t24-,26+,27+,30-,33-/m0/s1. The third-order valence-electron chi connectivity index (χ3n) is 10.0. The monoisotopic (exact) mass is 612 g/mol. The first-order chi connectivity index (χ1) is 20.2. The van der Waals surface area contributed by atoms with Crippen LogP contribution in [-0.2, 0) is 26.6 Å². The molecule has 9 heteroatoms. The Morgan fingerprint density at radius 3 is 2.79 bits per heavy atom. The Labute approximate surface area is 254 Å². The molecule has 2 aliphatic carbocycles. The van der Waals surface area contributed by atoms with Crippen molar-refractivity contribution in [2.45, 2.75) is 75.1 Å². The van der Waals surface area contributed by atoms with Gasteiger partial charge in [-0.2, -0.15) is 0 Å². The van der Waals surface area contributed by atoms with Crippen molar-refractivity contribution in [3.63, 3.8) is 0 Å². The zero-order chi connectivity index (χ0) is 29.5. The summed E-state index contributed by atoms with van der Waals surface area (Å²) < 4.78 is 41.4. The van der Waals surface area contributed by atoms with Crippen LogP contribution in [0.15, 0.2) is 48.6 Å². The molecule has 2 aromatic carbocycles. The van der Waals surface area contributed by atoms with Gasteiger partial charge in [0.15, 0.2) is 0 Å². The fourth-order valence-corrected chi connectivity index (χ4v) is 9.17. The number of benzene rings is 2. The molecule has 0 radical (unpaired) electrons. The van der Waals surface area contributed by atoms with Gasteiger partial charge in [0.2, 0.25) is 10.0 Å². The van der Waals surface area contributed by atoms with Gasteiger partial charge in [-0.3, -0.25) is 4.79 Å². The number of nitrogens with one attached hydrogen (secondary N) is 1. The Bertz CT molecular complexity index is 1480. The highest BCUT2D eigenvalue weighted by molar-refractivity contribution is 7.90. The number of methoxy groups -OCH3 is 1. The van der Waals surface area contributed by atoms with Gasteiger partial charge in [0.1, 0.15) is 5.75 Å². The first-order valence-corrected chi connectivity index (χ1v) is 17.2. The number of anilines is 1. The van der Waals surface area contributed by atoms with Gasteiger partial charge in [-0.1, -0.05) is 36.7 Å². The molecule has 4 aliphatic rings. The second kappa shape index (κ2) is 11.9. The van der Waals surface area contributed by atoms with Gasteiger partial charge in [0, 0.05) is 36.2 Å². The molecule has 1 amide bonds. The Balaban J connectivity index is 1.42. The predicted molar refractivity (Wildman–Crippen MR) is 166 cm³/mol. The first-order valence-electron chi connectivity index (χ1n) is 15.3. The number of amides is 1. The van der Waals surface area contributed by atoms with Gasteiger partial charge >= 0.3 is 0 Å². The van der Waals surface area contributed by atoms with Crippen molar-refractivity contribution in [3.05, 3.63) is 70.3 Å². The van der Waals surface area contributed by atoms with Gasteiger partial charge in [-0.15, -0.1) is 0 Å². The smallest absolute Gasteiger partial charge is 0.264 e. The van der Waals surface area contributed by atoms with E-state index >= 15 is 0 Å². The van der Waals surface area contributed by atoms with Crippen molar-refractivity contribution in [3.8, 4) is 5.75 Å². The largest absolute Gasteiger partial charge is 0.490 e. The molecule has 5 atom stereocenters. The summed E-state index contributed by atoms with van der Waals surface area (Å²) in [6.45, 7) is 3.92. The van der Waals surface area contributed by atoms with E-state index in [9.17, 15) is 13.2 Å². The van der Waals surface area contributed by atoms with Crippen molar-refractivity contribution < 1.29 is 22.7 Å². The van der Waals surface area contributed by atoms with Gasteiger partial charge in [0.25, 0.3) is 5.91 Å². The average molecular weight is 613 g/mol. The predicted octanol–water partition coefficient (Wildman–Crippen LogP) is 6.04. The average Bonchev–Trinajstić information content (AvgIpc) is 3.10. The Morgan fingerprint density at radius 1 is 1.17 bits per heavy atom. The van der Waals surface area contributed by atoms with Crippen molar-refractivity contribution in [1.29, 1.82) is 0 Å². The molecule has 1 N–H and O–H groups in total. The number of hydrogen-bond acceptors (Lipinski definition) is 6. The normalized spacial score (nSPS) is 31.5. The molecular weight excluding hydrogens is 572 g/mol. The van der Waals surface area contributed by atoms with Crippen LogP contribution in [-0.4, -0.2) is 52.5 Å². The fourth-order valence-electron chi connectivity index (χ4n) is 7.55. The number of nitrogens with zero attached hydrogens (tertiary/aromatic N) is 1. The molecule has 1 spiro atoms. The Kier molecular flexibility index (Phi) is 8.33. The van der Waals surface area contributed by atoms with E-state index in [0.29, 0.717) is 43.3 Å². The van der Waals surface area contributed by atoms with Gasteiger partial charge < -0.3 is 14.4 Å². The summed E-state index contributed by atoms with van der Waals surface area (Å²) in [6, 6.07) is 11.6. The van der Waals surface area contributed by atoms with Crippen LogP contribution in [0.3, 0.4) is 0 Å². The summed E-state index contributed by atoms with van der Waals surface area (Å²) in [7, 11) is -2.09. The zero-order valence-corrected chi connectivity index (χ0v) is 26.1. The second-order valence-corrected chi connectivity index (χ2v) is 14.9. The van der Waals surface area contributed by atoms with Crippen molar-refractivity contribution in [1.82, 2.24) is 4.72 Å². The van der Waals surface area contributed by atoms with Crippen molar-refractivity contribution in [2.24, 2.45) is 11.8 Å². The number of aryl methyl sites for hydroxylation is 1. The molecule has 2 aromatic rings. The number of rotatable bonds is 2. The highest BCUT2D eigenvalue weighted by atomic mass is 35.5. The van der Waals surface area contributed by atoms with E-state index in [1.54, 1.807) is 13.2 Å². The van der Waals surface area contributed by atoms with E-state index in [0.717, 1.165) is 61.7 Å². The fraction of sp³-hybridized carbons (Fsp3) is 0.545. The van der Waals surface area contributed by atoms with Crippen LogP contribution in [0.25, 0.3) is 0 Å². The molecule has 226 valence electrons. The Morgan fingerprint density at radius 2 is 2.02 bits per heavy atom. The van der Waals surface area contributed by atoms with E-state index in [1.807, 2.05) is 25.1 Å². The molecule has 2 bridgehead atoms. The minimum absolute atomic E-state index is 0.0198. The third-order valence-corrected chi connectivity index (χ3v) is 12.2. The van der Waals surface area contributed by atoms with Gasteiger partial charge in [0.05, 0.1) is 23.6 Å². The molecule has 6 rings (SSSR count). The van der Waals surface area contributed by atoms with E-state index in [1.165, 1.54) is 11.1 Å². The number of ether oxygens (including phenoxy) is 2. The van der Waals surface area contributed by atoms with Crippen LogP contribution >= 0.6 is 11.6 Å². The summed E-state index contributed by atoms with van der Waals surface area (Å²) in [5.74, 6) is 0.915. The van der Waals surface area contributed by atoms with Gasteiger partial charge in [-0.05, 0) is 105 Å². The molecule has 0 aromatic heterocycles. The molecule has 1 saturated carbocycles. The number of carbonyl (C=O) groups excluding carboxylic acids is 1. The number of allylic oxidation sites excluding steroid dienone is 1.